The molecule has 0 atom stereocenters. The minimum atomic E-state index is 0.469. The number of nitrogens with one attached hydrogen (secondary N) is 1. The highest BCUT2D eigenvalue weighted by Crippen LogP contribution is 2.45. The molecule has 100 valence electrons. The van der Waals surface area contributed by atoms with Crippen LogP contribution in [0.3, 0.4) is 0 Å². The van der Waals surface area contributed by atoms with E-state index in [9.17, 15) is 0 Å². The van der Waals surface area contributed by atoms with Crippen molar-refractivity contribution in [3.8, 4) is 0 Å². The van der Waals surface area contributed by atoms with Gasteiger partial charge in [-0.1, -0.05) is 34.3 Å². The van der Waals surface area contributed by atoms with E-state index in [4.69, 9.17) is 4.74 Å². The van der Waals surface area contributed by atoms with Crippen LogP contribution in [0.4, 0.5) is 0 Å². The molecule has 0 amide bonds. The van der Waals surface area contributed by atoms with E-state index < -0.39 is 0 Å². The van der Waals surface area contributed by atoms with Crippen LogP contribution >= 0.6 is 0 Å². The summed E-state index contributed by atoms with van der Waals surface area (Å²) in [5.41, 5.74) is 0.939. The molecule has 0 aromatic carbocycles. The van der Waals surface area contributed by atoms with Crippen LogP contribution in [0.25, 0.3) is 0 Å². The van der Waals surface area contributed by atoms with Crippen molar-refractivity contribution in [2.75, 3.05) is 13.2 Å². The van der Waals surface area contributed by atoms with E-state index in [1.54, 1.807) is 0 Å². The normalized spacial score (nSPS) is 23.3. The van der Waals surface area contributed by atoms with Crippen molar-refractivity contribution in [2.45, 2.75) is 59.4 Å². The van der Waals surface area contributed by atoms with Crippen LogP contribution < -0.4 is 5.32 Å². The van der Waals surface area contributed by atoms with Gasteiger partial charge < -0.3 is 10.1 Å². The van der Waals surface area contributed by atoms with Crippen molar-refractivity contribution in [1.82, 2.24) is 5.32 Å². The average molecular weight is 239 g/mol. The van der Waals surface area contributed by atoms with Gasteiger partial charge in [-0.3, -0.25) is 0 Å². The van der Waals surface area contributed by atoms with Crippen molar-refractivity contribution in [2.24, 2.45) is 10.8 Å². The van der Waals surface area contributed by atoms with E-state index in [0.29, 0.717) is 16.9 Å². The third kappa shape index (κ3) is 5.58. The van der Waals surface area contributed by atoms with Gasteiger partial charge in [0.05, 0.1) is 12.9 Å². The van der Waals surface area contributed by atoms with Crippen molar-refractivity contribution in [1.29, 1.82) is 0 Å². The molecular weight excluding hydrogens is 210 g/mol. The summed E-state index contributed by atoms with van der Waals surface area (Å²) in [6, 6.07) is 0.664. The molecule has 0 aliphatic heterocycles. The molecule has 0 unspecified atom stereocenters. The fraction of sp³-hybridized carbons (Fsp3) is 0.867. The lowest BCUT2D eigenvalue weighted by Crippen LogP contribution is -2.44. The lowest BCUT2D eigenvalue weighted by molar-refractivity contribution is 0.0843. The van der Waals surface area contributed by atoms with E-state index in [-0.39, 0.29) is 0 Å². The largest absolute Gasteiger partial charge is 0.502 e. The first kappa shape index (κ1) is 14.6. The Morgan fingerprint density at radius 1 is 1.24 bits per heavy atom. The molecule has 17 heavy (non-hydrogen) atoms. The Kier molecular flexibility index (Phi) is 5.05. The first-order valence-corrected chi connectivity index (χ1v) is 6.81. The Morgan fingerprint density at radius 3 is 2.35 bits per heavy atom. The number of rotatable bonds is 6. The van der Waals surface area contributed by atoms with Gasteiger partial charge in [0.1, 0.15) is 0 Å². The highest BCUT2D eigenvalue weighted by atomic mass is 16.5. The summed E-state index contributed by atoms with van der Waals surface area (Å²) >= 11 is 0. The Morgan fingerprint density at radius 2 is 1.82 bits per heavy atom. The Bertz CT molecular complexity index is 229. The molecule has 1 saturated carbocycles. The van der Waals surface area contributed by atoms with Crippen LogP contribution in [-0.4, -0.2) is 19.2 Å². The first-order valence-electron chi connectivity index (χ1n) is 6.81. The van der Waals surface area contributed by atoms with Crippen molar-refractivity contribution in [3.63, 3.8) is 0 Å². The maximum Gasteiger partial charge on any atom is 0.0885 e. The van der Waals surface area contributed by atoms with E-state index >= 15 is 0 Å². The Balaban J connectivity index is 2.30. The summed E-state index contributed by atoms with van der Waals surface area (Å²) in [5.74, 6) is 0. The molecule has 1 fully saturated rings. The van der Waals surface area contributed by atoms with Gasteiger partial charge in [0.2, 0.25) is 0 Å². The van der Waals surface area contributed by atoms with E-state index in [1.807, 2.05) is 0 Å². The van der Waals surface area contributed by atoms with E-state index in [1.165, 1.54) is 25.5 Å². The van der Waals surface area contributed by atoms with Gasteiger partial charge in [-0.15, -0.1) is 0 Å². The lowest BCUT2D eigenvalue weighted by Gasteiger charge is -2.45. The van der Waals surface area contributed by atoms with Crippen molar-refractivity contribution in [3.05, 3.63) is 12.8 Å². The summed E-state index contributed by atoms with van der Waals surface area (Å²) in [6.45, 7) is 14.9. The second-order valence-corrected chi connectivity index (χ2v) is 6.96. The zero-order valence-electron chi connectivity index (χ0n) is 12.0. The molecule has 0 radical (unpaired) electrons. The van der Waals surface area contributed by atoms with Crippen LogP contribution in [0.5, 0.6) is 0 Å². The fourth-order valence-electron chi connectivity index (χ4n) is 3.54. The van der Waals surface area contributed by atoms with Crippen LogP contribution in [0, 0.1) is 10.8 Å². The molecule has 2 nitrogen and oxygen atoms in total. The quantitative estimate of drug-likeness (QED) is 0.563. The second-order valence-electron chi connectivity index (χ2n) is 6.96. The number of ether oxygens (including phenoxy) is 1. The Hall–Kier alpha value is -0.500. The molecule has 0 bridgehead atoms. The fourth-order valence-corrected chi connectivity index (χ4v) is 3.54. The van der Waals surface area contributed by atoms with Gasteiger partial charge in [-0.25, -0.2) is 0 Å². The summed E-state index contributed by atoms with van der Waals surface area (Å²) in [7, 11) is 0. The van der Waals surface area contributed by atoms with E-state index in [0.717, 1.165) is 19.6 Å². The smallest absolute Gasteiger partial charge is 0.0885 e. The third-order valence-corrected chi connectivity index (χ3v) is 3.54. The maximum absolute atomic E-state index is 5.13. The zero-order chi connectivity index (χ0) is 12.9. The molecule has 1 N–H and O–H groups in total. The summed E-state index contributed by atoms with van der Waals surface area (Å²) in [5, 5.41) is 3.68. The SMILES string of the molecule is C=COCCCNC1CC(C)(C)CC(C)(C)C1. The minimum absolute atomic E-state index is 0.469. The third-order valence-electron chi connectivity index (χ3n) is 3.54. The molecule has 0 saturated heterocycles. The van der Waals surface area contributed by atoms with Gasteiger partial charge in [-0.05, 0) is 43.1 Å². The summed E-state index contributed by atoms with van der Waals surface area (Å²) in [4.78, 5) is 0. The average Bonchev–Trinajstić information content (AvgIpc) is 2.12. The van der Waals surface area contributed by atoms with Crippen LogP contribution in [0.1, 0.15) is 53.4 Å². The van der Waals surface area contributed by atoms with Crippen molar-refractivity contribution >= 4 is 0 Å². The summed E-state index contributed by atoms with van der Waals surface area (Å²) < 4.78 is 5.13. The molecule has 2 heteroatoms. The van der Waals surface area contributed by atoms with Crippen molar-refractivity contribution < 1.29 is 4.74 Å². The molecular formula is C15H29NO. The van der Waals surface area contributed by atoms with Gasteiger partial charge in [0.25, 0.3) is 0 Å². The highest BCUT2D eigenvalue weighted by Gasteiger charge is 2.37. The van der Waals surface area contributed by atoms with Gasteiger partial charge in [0, 0.05) is 6.04 Å². The molecule has 0 spiro atoms. The van der Waals surface area contributed by atoms with Gasteiger partial charge >= 0.3 is 0 Å². The second kappa shape index (κ2) is 5.90. The molecule has 1 rings (SSSR count). The number of hydrogen-bond acceptors (Lipinski definition) is 2. The first-order chi connectivity index (χ1) is 7.85. The topological polar surface area (TPSA) is 21.3 Å². The minimum Gasteiger partial charge on any atom is -0.502 e. The predicted octanol–water partition coefficient (Wildman–Crippen LogP) is 3.73. The van der Waals surface area contributed by atoms with E-state index in [2.05, 4.69) is 39.6 Å². The molecule has 1 aliphatic rings. The molecule has 0 aromatic heterocycles. The van der Waals surface area contributed by atoms with Crippen LogP contribution in [0.2, 0.25) is 0 Å². The number of hydrogen-bond donors (Lipinski definition) is 1. The Labute approximate surface area is 107 Å². The molecule has 0 aromatic rings. The zero-order valence-corrected chi connectivity index (χ0v) is 12.0. The monoisotopic (exact) mass is 239 g/mol. The predicted molar refractivity (Wildman–Crippen MR) is 74.0 cm³/mol. The highest BCUT2D eigenvalue weighted by molar-refractivity contribution is 4.92. The van der Waals surface area contributed by atoms with Crippen LogP contribution in [0.15, 0.2) is 12.8 Å². The standard InChI is InChI=1S/C15H29NO/c1-6-17-9-7-8-16-13-10-14(2,3)12-15(4,5)11-13/h6,13,16H,1,7-12H2,2-5H3. The molecule has 1 aliphatic carbocycles. The van der Waals surface area contributed by atoms with Crippen LogP contribution in [-0.2, 0) is 4.74 Å². The van der Waals surface area contributed by atoms with Gasteiger partial charge in [0.15, 0.2) is 0 Å². The summed E-state index contributed by atoms with van der Waals surface area (Å²) in [6.07, 6.45) is 6.49. The van der Waals surface area contributed by atoms with Gasteiger partial charge in [-0.2, -0.15) is 0 Å². The molecule has 0 heterocycles. The maximum atomic E-state index is 5.13. The lowest BCUT2D eigenvalue weighted by atomic mass is 9.63.